The molecule has 5 aromatic carbocycles. The third-order valence-electron chi connectivity index (χ3n) is 12.1. The van der Waals surface area contributed by atoms with Crippen molar-refractivity contribution in [3.63, 3.8) is 0 Å². The average Bonchev–Trinajstić information content (AvgIpc) is 3.59. The molecule has 318 valence electrons. The molecule has 5 aromatic rings. The highest BCUT2D eigenvalue weighted by Gasteiger charge is 2.47. The van der Waals surface area contributed by atoms with Crippen molar-refractivity contribution in [1.29, 1.82) is 0 Å². The topological polar surface area (TPSA) is 71.1 Å². The molecule has 0 radical (unpaired) electrons. The molecule has 0 heterocycles. The fourth-order valence-corrected chi connectivity index (χ4v) is 8.36. The van der Waals surface area contributed by atoms with Crippen LogP contribution in [0.25, 0.3) is 11.1 Å². The zero-order chi connectivity index (χ0) is 44.1. The Labute approximate surface area is 363 Å². The van der Waals surface area contributed by atoms with E-state index in [9.17, 15) is 9.59 Å². The van der Waals surface area contributed by atoms with E-state index in [1.54, 1.807) is 27.7 Å². The maximum Gasteiger partial charge on any atom is 0.186 e. The Bertz CT molecular complexity index is 2210. The van der Waals surface area contributed by atoms with E-state index >= 15 is 0 Å². The number of fused-ring (bicyclic) bond motifs is 1. The smallest absolute Gasteiger partial charge is 0.186 e. The second-order valence-corrected chi connectivity index (χ2v) is 18.4. The Kier molecular flexibility index (Phi) is 13.4. The van der Waals surface area contributed by atoms with Crippen LogP contribution in [0.1, 0.15) is 108 Å². The number of carbonyl (C=O) groups excluding carboxylic acids is 2. The summed E-state index contributed by atoms with van der Waals surface area (Å²) < 4.78 is 25.1. The average molecular weight is 819 g/mol. The van der Waals surface area contributed by atoms with E-state index in [0.717, 1.165) is 17.9 Å². The molecule has 0 N–H and O–H groups in total. The number of ether oxygens (including phenoxy) is 4. The van der Waals surface area contributed by atoms with Crippen LogP contribution in [0.15, 0.2) is 153 Å². The third-order valence-corrected chi connectivity index (χ3v) is 12.1. The van der Waals surface area contributed by atoms with Crippen LogP contribution in [-0.2, 0) is 24.5 Å². The van der Waals surface area contributed by atoms with Crippen molar-refractivity contribution >= 4 is 11.6 Å². The van der Waals surface area contributed by atoms with E-state index in [-0.39, 0.29) is 17.5 Å². The van der Waals surface area contributed by atoms with Crippen molar-refractivity contribution in [3.8, 4) is 22.6 Å². The molecule has 1 aliphatic rings. The molecule has 0 fully saturated rings. The summed E-state index contributed by atoms with van der Waals surface area (Å²) >= 11 is 0. The van der Waals surface area contributed by atoms with Crippen LogP contribution in [-0.4, -0.2) is 47.2 Å². The maximum atomic E-state index is 12.3. The number of hydrogen-bond acceptors (Lipinski definition) is 6. The quantitative estimate of drug-likeness (QED) is 0.0729. The van der Waals surface area contributed by atoms with Crippen molar-refractivity contribution < 1.29 is 28.5 Å². The van der Waals surface area contributed by atoms with Crippen LogP contribution in [0.4, 0.5) is 0 Å². The van der Waals surface area contributed by atoms with Crippen LogP contribution < -0.4 is 9.47 Å². The van der Waals surface area contributed by atoms with Crippen molar-refractivity contribution in [2.45, 2.75) is 108 Å². The summed E-state index contributed by atoms with van der Waals surface area (Å²) in [5, 5.41) is 0. The summed E-state index contributed by atoms with van der Waals surface area (Å²) in [4.78, 5) is 24.5. The molecule has 0 saturated heterocycles. The van der Waals surface area contributed by atoms with Crippen molar-refractivity contribution in [2.24, 2.45) is 0 Å². The fraction of sp³-hybridized carbons (Fsp3) is 0.345. The molecule has 1 unspecified atom stereocenters. The number of rotatable bonds is 20. The first-order valence-corrected chi connectivity index (χ1v) is 21.4. The molecule has 0 saturated carbocycles. The Morgan fingerprint density at radius 3 is 1.48 bits per heavy atom. The molecule has 0 aliphatic heterocycles. The van der Waals surface area contributed by atoms with Gasteiger partial charge >= 0.3 is 0 Å². The second-order valence-electron chi connectivity index (χ2n) is 18.4. The minimum Gasteiger partial charge on any atom is -0.488 e. The van der Waals surface area contributed by atoms with Gasteiger partial charge in [0.05, 0.1) is 13.2 Å². The molecule has 6 rings (SSSR count). The first kappa shape index (κ1) is 45.0. The zero-order valence-corrected chi connectivity index (χ0v) is 37.3. The SMILES string of the molecule is C=CC(=O)C(C)(C)OCCC(C)(C)Oc1ccc(C2(c3ccc(OC(C)(C)CCOC(C)(C)C(=O)C=C)cc3)CC(c3ccccc3)c3cc(-c4ccccc4)ccc32)cc1. The van der Waals surface area contributed by atoms with E-state index in [4.69, 9.17) is 18.9 Å². The highest BCUT2D eigenvalue weighted by Crippen LogP contribution is 2.56. The van der Waals surface area contributed by atoms with E-state index in [1.807, 2.05) is 27.7 Å². The predicted molar refractivity (Wildman–Crippen MR) is 247 cm³/mol. The number of carbonyl (C=O) groups is 2. The lowest BCUT2D eigenvalue weighted by atomic mass is 9.69. The Morgan fingerprint density at radius 1 is 0.590 bits per heavy atom. The van der Waals surface area contributed by atoms with Gasteiger partial charge in [-0.1, -0.05) is 116 Å². The van der Waals surface area contributed by atoms with Crippen LogP contribution in [0.3, 0.4) is 0 Å². The van der Waals surface area contributed by atoms with Gasteiger partial charge in [0.15, 0.2) is 11.6 Å². The highest BCUT2D eigenvalue weighted by molar-refractivity contribution is 5.96. The van der Waals surface area contributed by atoms with Crippen LogP contribution in [0, 0.1) is 0 Å². The van der Waals surface area contributed by atoms with Gasteiger partial charge in [-0.2, -0.15) is 0 Å². The number of benzene rings is 5. The van der Waals surface area contributed by atoms with Crippen molar-refractivity contribution in [1.82, 2.24) is 0 Å². The van der Waals surface area contributed by atoms with E-state index in [2.05, 4.69) is 141 Å². The maximum absolute atomic E-state index is 12.3. The van der Waals surface area contributed by atoms with Crippen molar-refractivity contribution in [2.75, 3.05) is 13.2 Å². The first-order chi connectivity index (χ1) is 28.9. The minimum atomic E-state index is -0.939. The molecule has 0 bridgehead atoms. The van der Waals surface area contributed by atoms with Crippen molar-refractivity contribution in [3.05, 3.63) is 181 Å². The highest BCUT2D eigenvalue weighted by atomic mass is 16.5. The molecule has 6 nitrogen and oxygen atoms in total. The summed E-state index contributed by atoms with van der Waals surface area (Å²) in [6.45, 7) is 23.2. The molecule has 61 heavy (non-hydrogen) atoms. The summed E-state index contributed by atoms with van der Waals surface area (Å²) in [7, 11) is 0. The molecule has 0 aromatic heterocycles. The second kappa shape index (κ2) is 18.2. The monoisotopic (exact) mass is 818 g/mol. The third kappa shape index (κ3) is 10.3. The predicted octanol–water partition coefficient (Wildman–Crippen LogP) is 12.4. The van der Waals surface area contributed by atoms with Gasteiger partial charge in [-0.3, -0.25) is 9.59 Å². The Balaban J connectivity index is 1.35. The lowest BCUT2D eigenvalue weighted by molar-refractivity contribution is -0.136. The molecule has 1 atom stereocenters. The largest absolute Gasteiger partial charge is 0.488 e. The van der Waals surface area contributed by atoms with Crippen LogP contribution in [0.5, 0.6) is 11.5 Å². The van der Waals surface area contributed by atoms with Gasteiger partial charge in [0.2, 0.25) is 0 Å². The van der Waals surface area contributed by atoms with E-state index in [1.165, 1.54) is 51.1 Å². The summed E-state index contributed by atoms with van der Waals surface area (Å²) in [6, 6.07) is 45.5. The Morgan fingerprint density at radius 2 is 1.03 bits per heavy atom. The van der Waals surface area contributed by atoms with E-state index in [0.29, 0.717) is 26.1 Å². The number of hydrogen-bond donors (Lipinski definition) is 0. The molecular formula is C55H62O6. The fourth-order valence-electron chi connectivity index (χ4n) is 8.36. The summed E-state index contributed by atoms with van der Waals surface area (Å²) in [5.74, 6) is 1.36. The van der Waals surface area contributed by atoms with Gasteiger partial charge in [-0.05, 0) is 137 Å². The van der Waals surface area contributed by atoms with Gasteiger partial charge in [0.25, 0.3) is 0 Å². The minimum absolute atomic E-state index is 0.138. The van der Waals surface area contributed by atoms with E-state index < -0.39 is 27.8 Å². The molecular weight excluding hydrogens is 757 g/mol. The first-order valence-electron chi connectivity index (χ1n) is 21.4. The zero-order valence-electron chi connectivity index (χ0n) is 37.3. The lowest BCUT2D eigenvalue weighted by Gasteiger charge is -2.34. The summed E-state index contributed by atoms with van der Waals surface area (Å²) in [5.41, 5.74) is 5.10. The van der Waals surface area contributed by atoms with Gasteiger partial charge < -0.3 is 18.9 Å². The normalized spacial score (nSPS) is 15.1. The Hall–Kier alpha value is -5.56. The van der Waals surface area contributed by atoms with Gasteiger partial charge in [-0.25, -0.2) is 0 Å². The van der Waals surface area contributed by atoms with Gasteiger partial charge in [-0.15, -0.1) is 0 Å². The summed E-state index contributed by atoms with van der Waals surface area (Å²) in [6.07, 6.45) is 4.63. The standard InChI is InChI=1S/C55H62O6/c1-11-49(56)53(7,8)58-35-33-51(3,4)60-44-28-24-42(25-29-44)55(43-26-30-45(31-27-43)61-52(5,6)34-36-59-54(9,10)50(57)12-2)38-47(40-21-17-14-18-22-40)46-37-41(23-32-48(46)55)39-19-15-13-16-20-39/h11-32,37,47H,1-2,33-36,38H2,3-10H3. The molecule has 1 aliphatic carbocycles. The molecule has 0 spiro atoms. The lowest BCUT2D eigenvalue weighted by Crippen LogP contribution is -2.37. The van der Waals surface area contributed by atoms with Crippen LogP contribution >= 0.6 is 0 Å². The molecule has 6 heteroatoms. The van der Waals surface area contributed by atoms with Gasteiger partial charge in [0, 0.05) is 24.2 Å². The number of ketones is 2. The molecule has 0 amide bonds. The van der Waals surface area contributed by atoms with Gasteiger partial charge in [0.1, 0.15) is 33.9 Å². The van der Waals surface area contributed by atoms with Crippen LogP contribution in [0.2, 0.25) is 0 Å².